The summed E-state index contributed by atoms with van der Waals surface area (Å²) in [5.74, 6) is -0.561. The molecule has 0 saturated heterocycles. The van der Waals surface area contributed by atoms with E-state index in [0.717, 1.165) is 70.6 Å². The first kappa shape index (κ1) is 64.1. The van der Waals surface area contributed by atoms with E-state index in [-0.39, 0.29) is 12.8 Å². The summed E-state index contributed by atoms with van der Waals surface area (Å²) in [7, 11) is -5.12. The molecule has 1 saturated carbocycles. The first-order valence-electron chi connectivity index (χ1n) is 27.7. The molecule has 1 amide bonds. The molecule has 0 radical (unpaired) electrons. The van der Waals surface area contributed by atoms with Crippen LogP contribution in [0, 0.1) is 0 Å². The minimum atomic E-state index is -5.12. The van der Waals surface area contributed by atoms with Gasteiger partial charge in [0.05, 0.1) is 31.3 Å². The number of hydrogen-bond acceptors (Lipinski definition) is 11. The molecule has 1 aliphatic carbocycles. The van der Waals surface area contributed by atoms with Gasteiger partial charge in [-0.3, -0.25) is 13.8 Å². The lowest BCUT2D eigenvalue weighted by atomic mass is 9.85. The predicted molar refractivity (Wildman–Crippen MR) is 271 cm³/mol. The van der Waals surface area contributed by atoms with Gasteiger partial charge < -0.3 is 46.0 Å². The molecule has 0 spiro atoms. The molecule has 1 fully saturated rings. The van der Waals surface area contributed by atoms with Crippen molar-refractivity contribution in [3.8, 4) is 0 Å². The Labute approximate surface area is 408 Å². The van der Waals surface area contributed by atoms with Gasteiger partial charge >= 0.3 is 7.82 Å². The number of carbonyl (C=O) groups excluding carboxylic acids is 1. The van der Waals surface area contributed by atoms with E-state index in [4.69, 9.17) is 9.05 Å². The third-order valence-electron chi connectivity index (χ3n) is 13.6. The van der Waals surface area contributed by atoms with E-state index in [2.05, 4.69) is 31.3 Å². The predicted octanol–water partition coefficient (Wildman–Crippen LogP) is 10.9. The van der Waals surface area contributed by atoms with Crippen LogP contribution < -0.4 is 5.32 Å². The maximum Gasteiger partial charge on any atom is 0.472 e. The number of allylic oxidation sites excluding steroid dienone is 2. The van der Waals surface area contributed by atoms with Crippen molar-refractivity contribution in [3.05, 3.63) is 12.2 Å². The van der Waals surface area contributed by atoms with E-state index in [1.807, 2.05) is 0 Å². The number of aliphatic hydroxyl groups excluding tert-OH is 7. The van der Waals surface area contributed by atoms with Crippen molar-refractivity contribution < 1.29 is 59.0 Å². The van der Waals surface area contributed by atoms with Gasteiger partial charge in [-0.15, -0.1) is 0 Å². The number of nitrogens with one attached hydrogen (secondary N) is 1. The highest BCUT2D eigenvalue weighted by Gasteiger charge is 2.51. The zero-order valence-electron chi connectivity index (χ0n) is 42.6. The van der Waals surface area contributed by atoms with E-state index < -0.39 is 75.2 Å². The second-order valence-electron chi connectivity index (χ2n) is 20.0. The van der Waals surface area contributed by atoms with Crippen LogP contribution in [0.3, 0.4) is 0 Å². The molecule has 1 rings (SSSR count). The summed E-state index contributed by atoms with van der Waals surface area (Å²) in [6.45, 7) is 3.83. The minimum absolute atomic E-state index is 0.224. The molecule has 67 heavy (non-hydrogen) atoms. The molecule has 13 nitrogen and oxygen atoms in total. The Morgan fingerprint density at radius 2 is 0.836 bits per heavy atom. The van der Waals surface area contributed by atoms with Crippen molar-refractivity contribution in [2.75, 3.05) is 6.61 Å². The number of amides is 1. The maximum absolute atomic E-state index is 13.1. The Hall–Kier alpha value is -0.960. The number of carbonyl (C=O) groups is 1. The summed E-state index contributed by atoms with van der Waals surface area (Å²) < 4.78 is 23.0. The second kappa shape index (κ2) is 42.7. The van der Waals surface area contributed by atoms with E-state index in [9.17, 15) is 50.0 Å². The fraction of sp³-hybridized carbons (Fsp3) is 0.943. The number of phosphoric acid groups is 1. The monoisotopic (exact) mass is 978 g/mol. The Kier molecular flexibility index (Phi) is 40.8. The van der Waals surface area contributed by atoms with Crippen LogP contribution in [-0.4, -0.2) is 108 Å². The van der Waals surface area contributed by atoms with Crippen molar-refractivity contribution in [1.82, 2.24) is 5.32 Å². The Morgan fingerprint density at radius 1 is 0.507 bits per heavy atom. The fourth-order valence-corrected chi connectivity index (χ4v) is 10.1. The van der Waals surface area contributed by atoms with E-state index >= 15 is 0 Å². The lowest BCUT2D eigenvalue weighted by Gasteiger charge is -2.41. The lowest BCUT2D eigenvalue weighted by molar-refractivity contribution is -0.220. The second-order valence-corrected chi connectivity index (χ2v) is 21.4. The molecular weight excluding hydrogens is 874 g/mol. The highest BCUT2D eigenvalue weighted by Crippen LogP contribution is 2.47. The number of hydrogen-bond donors (Lipinski definition) is 9. The van der Waals surface area contributed by atoms with Crippen LogP contribution in [0.4, 0.5) is 0 Å². The van der Waals surface area contributed by atoms with E-state index in [1.54, 1.807) is 0 Å². The van der Waals surface area contributed by atoms with Gasteiger partial charge in [-0.05, 0) is 38.5 Å². The third kappa shape index (κ3) is 34.1. The van der Waals surface area contributed by atoms with Crippen molar-refractivity contribution in [1.29, 1.82) is 0 Å². The zero-order chi connectivity index (χ0) is 49.4. The minimum Gasteiger partial charge on any atom is -0.393 e. The van der Waals surface area contributed by atoms with Crippen molar-refractivity contribution in [3.63, 3.8) is 0 Å². The van der Waals surface area contributed by atoms with Crippen LogP contribution in [-0.2, 0) is 18.4 Å². The summed E-state index contributed by atoms with van der Waals surface area (Å²) in [6.07, 6.45) is 33.9. The van der Waals surface area contributed by atoms with Gasteiger partial charge in [0.15, 0.2) is 0 Å². The number of phosphoric ester groups is 1. The molecule has 0 aromatic carbocycles. The molecule has 0 heterocycles. The van der Waals surface area contributed by atoms with Gasteiger partial charge in [-0.1, -0.05) is 225 Å². The fourth-order valence-electron chi connectivity index (χ4n) is 9.13. The SMILES string of the molecule is CCCCCCCCCCCCCC/C=C\CCCCCCCC(O)CC(=O)NC(COP(=O)(O)OC1C(O)C(O)C(O)C(O)C1O)C(O)CCCCCCCCCCCCCCCCCC. The first-order valence-corrected chi connectivity index (χ1v) is 29.2. The van der Waals surface area contributed by atoms with Crippen LogP contribution in [0.15, 0.2) is 12.2 Å². The molecule has 0 aliphatic heterocycles. The summed E-state index contributed by atoms with van der Waals surface area (Å²) >= 11 is 0. The van der Waals surface area contributed by atoms with Gasteiger partial charge in [0.1, 0.15) is 36.6 Å². The summed E-state index contributed by atoms with van der Waals surface area (Å²) in [5.41, 5.74) is 0. The van der Waals surface area contributed by atoms with Crippen LogP contribution in [0.1, 0.15) is 258 Å². The third-order valence-corrected chi connectivity index (χ3v) is 14.6. The largest absolute Gasteiger partial charge is 0.472 e. The molecule has 14 heteroatoms. The lowest BCUT2D eigenvalue weighted by Crippen LogP contribution is -2.64. The van der Waals surface area contributed by atoms with Gasteiger partial charge in [-0.25, -0.2) is 4.57 Å². The summed E-state index contributed by atoms with van der Waals surface area (Å²) in [4.78, 5) is 23.6. The highest BCUT2D eigenvalue weighted by atomic mass is 31.2. The van der Waals surface area contributed by atoms with Crippen LogP contribution in [0.25, 0.3) is 0 Å². The maximum atomic E-state index is 13.1. The van der Waals surface area contributed by atoms with Gasteiger partial charge in [0.25, 0.3) is 0 Å². The molecule has 9 N–H and O–H groups in total. The van der Waals surface area contributed by atoms with Gasteiger partial charge in [0, 0.05) is 0 Å². The molecule has 0 bridgehead atoms. The Balaban J connectivity index is 2.41. The van der Waals surface area contributed by atoms with Crippen molar-refractivity contribution >= 4 is 13.7 Å². The molecule has 8 unspecified atom stereocenters. The number of aliphatic hydroxyl groups is 7. The van der Waals surface area contributed by atoms with Gasteiger partial charge in [-0.2, -0.15) is 0 Å². The first-order chi connectivity index (χ1) is 32.3. The quantitative estimate of drug-likeness (QED) is 0.0158. The molecule has 0 aromatic rings. The average molecular weight is 978 g/mol. The molecule has 0 aromatic heterocycles. The highest BCUT2D eigenvalue weighted by molar-refractivity contribution is 7.47. The topological polar surface area (TPSA) is 226 Å². The normalized spacial score (nSPS) is 22.2. The molecule has 1 aliphatic rings. The van der Waals surface area contributed by atoms with E-state index in [0.29, 0.717) is 12.8 Å². The molecule has 8 atom stereocenters. The van der Waals surface area contributed by atoms with E-state index in [1.165, 1.54) is 148 Å². The number of rotatable bonds is 47. The smallest absolute Gasteiger partial charge is 0.393 e. The van der Waals surface area contributed by atoms with Crippen molar-refractivity contribution in [2.45, 2.75) is 313 Å². The average Bonchev–Trinajstić information content (AvgIpc) is 3.30. The standard InChI is InChI=1S/C53H104NO12P/c1-3-5-7-9-11-13-15-17-19-21-22-23-24-25-26-28-30-32-34-36-38-40-44(55)42-47(57)54-45(43-65-67(63,64)66-53-51(61)49(59)48(58)50(60)52(53)62)46(56)41-39-37-35-33-31-29-27-20-18-16-14-12-10-8-6-4-2/h25-26,44-46,48-53,55-56,58-62H,3-24,27-43H2,1-2H3,(H,54,57)(H,63,64)/b26-25-. The summed E-state index contributed by atoms with van der Waals surface area (Å²) in [5, 5.41) is 74.9. The Bertz CT molecular complexity index is 1200. The zero-order valence-corrected chi connectivity index (χ0v) is 43.5. The van der Waals surface area contributed by atoms with Crippen molar-refractivity contribution in [2.24, 2.45) is 0 Å². The number of unbranched alkanes of at least 4 members (excludes halogenated alkanes) is 32. The Morgan fingerprint density at radius 3 is 1.22 bits per heavy atom. The van der Waals surface area contributed by atoms with Gasteiger partial charge in [0.2, 0.25) is 5.91 Å². The molecule has 398 valence electrons. The summed E-state index contributed by atoms with van der Waals surface area (Å²) in [6, 6.07) is -1.15. The van der Waals surface area contributed by atoms with Crippen LogP contribution in [0.2, 0.25) is 0 Å². The van der Waals surface area contributed by atoms with Crippen LogP contribution >= 0.6 is 7.82 Å². The molecular formula is C53H104NO12P. The van der Waals surface area contributed by atoms with Crippen LogP contribution in [0.5, 0.6) is 0 Å².